The highest BCUT2D eigenvalue weighted by Crippen LogP contribution is 2.10. The standard InChI is InChI=1S/C15H20N4OS.HI/c1-3-16-15(19-11-13-5-4-8-21-13)18-10-12-6-7-17-14(9-12)20-2;/h4-9H,3,10-11H2,1-2H3,(H2,16,18,19);1H. The molecule has 0 aliphatic heterocycles. The zero-order chi connectivity index (χ0) is 14.9. The number of pyridine rings is 1. The quantitative estimate of drug-likeness (QED) is 0.419. The van der Waals surface area contributed by atoms with Gasteiger partial charge in [-0.2, -0.15) is 0 Å². The molecule has 0 unspecified atom stereocenters. The summed E-state index contributed by atoms with van der Waals surface area (Å²) in [5.74, 6) is 1.42. The number of guanidine groups is 1. The average Bonchev–Trinajstić information content (AvgIpc) is 3.03. The van der Waals surface area contributed by atoms with E-state index in [1.807, 2.05) is 12.1 Å². The molecule has 2 heterocycles. The van der Waals surface area contributed by atoms with Gasteiger partial charge >= 0.3 is 0 Å². The van der Waals surface area contributed by atoms with Crippen LogP contribution in [-0.2, 0) is 13.1 Å². The van der Waals surface area contributed by atoms with E-state index >= 15 is 0 Å². The number of rotatable bonds is 6. The molecule has 2 N–H and O–H groups in total. The van der Waals surface area contributed by atoms with Crippen LogP contribution in [0.4, 0.5) is 0 Å². The van der Waals surface area contributed by atoms with E-state index in [0.29, 0.717) is 12.4 Å². The van der Waals surface area contributed by atoms with Crippen LogP contribution < -0.4 is 15.4 Å². The minimum Gasteiger partial charge on any atom is -0.481 e. The third kappa shape index (κ3) is 6.18. The summed E-state index contributed by atoms with van der Waals surface area (Å²) in [4.78, 5) is 9.95. The average molecular weight is 432 g/mol. The van der Waals surface area contributed by atoms with Gasteiger partial charge in [0, 0.05) is 23.7 Å². The maximum Gasteiger partial charge on any atom is 0.213 e. The first-order chi connectivity index (χ1) is 10.3. The van der Waals surface area contributed by atoms with Gasteiger partial charge in [-0.15, -0.1) is 35.3 Å². The molecule has 0 bridgehead atoms. The first kappa shape index (κ1) is 18.7. The Morgan fingerprint density at radius 2 is 2.23 bits per heavy atom. The van der Waals surface area contributed by atoms with Crippen molar-refractivity contribution in [1.29, 1.82) is 0 Å². The van der Waals surface area contributed by atoms with E-state index in [2.05, 4.69) is 45.0 Å². The molecule has 0 aliphatic carbocycles. The predicted octanol–water partition coefficient (Wildman–Crippen LogP) is 3.03. The molecule has 5 nitrogen and oxygen atoms in total. The number of methoxy groups -OCH3 is 1. The van der Waals surface area contributed by atoms with Crippen LogP contribution in [0, 0.1) is 0 Å². The Kier molecular flexibility index (Phi) is 8.83. The van der Waals surface area contributed by atoms with Crippen LogP contribution in [0.3, 0.4) is 0 Å². The highest BCUT2D eigenvalue weighted by Gasteiger charge is 2.00. The highest BCUT2D eigenvalue weighted by molar-refractivity contribution is 14.0. The molecule has 120 valence electrons. The normalized spacial score (nSPS) is 10.7. The van der Waals surface area contributed by atoms with Gasteiger partial charge in [-0.1, -0.05) is 6.07 Å². The maximum atomic E-state index is 5.12. The Bertz CT molecular complexity index is 575. The molecular formula is C15H21IN4OS. The highest BCUT2D eigenvalue weighted by atomic mass is 127. The molecular weight excluding hydrogens is 411 g/mol. The molecule has 22 heavy (non-hydrogen) atoms. The molecule has 2 aromatic heterocycles. The minimum atomic E-state index is 0. The van der Waals surface area contributed by atoms with E-state index in [-0.39, 0.29) is 24.0 Å². The summed E-state index contributed by atoms with van der Waals surface area (Å²) >= 11 is 1.73. The number of ether oxygens (including phenoxy) is 1. The van der Waals surface area contributed by atoms with E-state index in [9.17, 15) is 0 Å². The van der Waals surface area contributed by atoms with Gasteiger partial charge in [0.1, 0.15) is 0 Å². The fraction of sp³-hybridized carbons (Fsp3) is 0.333. The largest absolute Gasteiger partial charge is 0.481 e. The van der Waals surface area contributed by atoms with Crippen molar-refractivity contribution in [2.24, 2.45) is 4.99 Å². The summed E-state index contributed by atoms with van der Waals surface area (Å²) in [5, 5.41) is 8.64. The number of halogens is 1. The van der Waals surface area contributed by atoms with Crippen molar-refractivity contribution in [1.82, 2.24) is 15.6 Å². The van der Waals surface area contributed by atoms with Crippen LogP contribution in [0.2, 0.25) is 0 Å². The second-order valence-corrected chi connectivity index (χ2v) is 5.37. The number of hydrogen-bond acceptors (Lipinski definition) is 4. The lowest BCUT2D eigenvalue weighted by Crippen LogP contribution is -2.36. The second-order valence-electron chi connectivity index (χ2n) is 4.33. The van der Waals surface area contributed by atoms with E-state index in [0.717, 1.165) is 24.6 Å². The van der Waals surface area contributed by atoms with Crippen molar-refractivity contribution in [3.05, 3.63) is 46.3 Å². The number of aliphatic imine (C=N–C) groups is 1. The number of nitrogens with zero attached hydrogens (tertiary/aromatic N) is 2. The molecule has 2 aromatic rings. The monoisotopic (exact) mass is 432 g/mol. The summed E-state index contributed by atoms with van der Waals surface area (Å²) in [6.45, 7) is 4.25. The smallest absolute Gasteiger partial charge is 0.213 e. The SMILES string of the molecule is CCNC(=NCc1ccnc(OC)c1)NCc1cccs1.I. The van der Waals surface area contributed by atoms with Crippen molar-refractivity contribution < 1.29 is 4.74 Å². The van der Waals surface area contributed by atoms with E-state index in [1.165, 1.54) is 4.88 Å². The van der Waals surface area contributed by atoms with Crippen molar-refractivity contribution in [3.8, 4) is 5.88 Å². The molecule has 0 saturated carbocycles. The Balaban J connectivity index is 0.00000242. The lowest BCUT2D eigenvalue weighted by Gasteiger charge is -2.10. The zero-order valence-electron chi connectivity index (χ0n) is 12.7. The minimum absolute atomic E-state index is 0. The van der Waals surface area contributed by atoms with E-state index < -0.39 is 0 Å². The Morgan fingerprint density at radius 3 is 2.91 bits per heavy atom. The molecule has 0 radical (unpaired) electrons. The van der Waals surface area contributed by atoms with Crippen LogP contribution in [0.15, 0.2) is 40.8 Å². The molecule has 0 aliphatic rings. The Labute approximate surface area is 152 Å². The Morgan fingerprint density at radius 1 is 1.36 bits per heavy atom. The van der Waals surface area contributed by atoms with Crippen molar-refractivity contribution in [2.45, 2.75) is 20.0 Å². The molecule has 2 rings (SSSR count). The van der Waals surface area contributed by atoms with Crippen LogP contribution in [-0.4, -0.2) is 24.6 Å². The molecule has 0 saturated heterocycles. The molecule has 0 aromatic carbocycles. The summed E-state index contributed by atoms with van der Waals surface area (Å²) in [5.41, 5.74) is 1.06. The van der Waals surface area contributed by atoms with Crippen molar-refractivity contribution in [3.63, 3.8) is 0 Å². The molecule has 0 amide bonds. The molecule has 0 spiro atoms. The van der Waals surface area contributed by atoms with Crippen LogP contribution >= 0.6 is 35.3 Å². The molecule has 0 atom stereocenters. The van der Waals surface area contributed by atoms with Crippen molar-refractivity contribution in [2.75, 3.05) is 13.7 Å². The number of thiophene rings is 1. The fourth-order valence-corrected chi connectivity index (χ4v) is 2.40. The summed E-state index contributed by atoms with van der Waals surface area (Å²) in [7, 11) is 1.61. The summed E-state index contributed by atoms with van der Waals surface area (Å²) in [6, 6.07) is 7.99. The van der Waals surface area contributed by atoms with Crippen LogP contribution in [0.25, 0.3) is 0 Å². The predicted molar refractivity (Wildman–Crippen MR) is 102 cm³/mol. The van der Waals surface area contributed by atoms with Crippen LogP contribution in [0.5, 0.6) is 5.88 Å². The third-order valence-electron chi connectivity index (χ3n) is 2.78. The molecule has 7 heteroatoms. The first-order valence-corrected chi connectivity index (χ1v) is 7.73. The lowest BCUT2D eigenvalue weighted by molar-refractivity contribution is 0.397. The topological polar surface area (TPSA) is 58.5 Å². The summed E-state index contributed by atoms with van der Waals surface area (Å²) < 4.78 is 5.12. The second kappa shape index (κ2) is 10.4. The van der Waals surface area contributed by atoms with Gasteiger partial charge in [-0.25, -0.2) is 9.98 Å². The van der Waals surface area contributed by atoms with Crippen molar-refractivity contribution >= 4 is 41.3 Å². The maximum absolute atomic E-state index is 5.12. The van der Waals surface area contributed by atoms with Gasteiger partial charge in [0.15, 0.2) is 5.96 Å². The van der Waals surface area contributed by atoms with Gasteiger partial charge in [-0.05, 0) is 30.0 Å². The number of hydrogen-bond donors (Lipinski definition) is 2. The van der Waals surface area contributed by atoms with E-state index in [1.54, 1.807) is 24.6 Å². The fourth-order valence-electron chi connectivity index (χ4n) is 1.76. The number of aromatic nitrogens is 1. The van der Waals surface area contributed by atoms with E-state index in [4.69, 9.17) is 4.74 Å². The van der Waals surface area contributed by atoms with Gasteiger partial charge < -0.3 is 15.4 Å². The Hall–Kier alpha value is -1.35. The third-order valence-corrected chi connectivity index (χ3v) is 3.66. The number of nitrogens with one attached hydrogen (secondary N) is 2. The zero-order valence-corrected chi connectivity index (χ0v) is 15.9. The van der Waals surface area contributed by atoms with Crippen LogP contribution in [0.1, 0.15) is 17.4 Å². The van der Waals surface area contributed by atoms with Gasteiger partial charge in [0.05, 0.1) is 20.2 Å². The van der Waals surface area contributed by atoms with Gasteiger partial charge in [0.2, 0.25) is 5.88 Å². The first-order valence-electron chi connectivity index (χ1n) is 6.85. The van der Waals surface area contributed by atoms with Gasteiger partial charge in [0.25, 0.3) is 0 Å². The van der Waals surface area contributed by atoms with Gasteiger partial charge in [-0.3, -0.25) is 0 Å². The summed E-state index contributed by atoms with van der Waals surface area (Å²) in [6.07, 6.45) is 1.73. The lowest BCUT2D eigenvalue weighted by atomic mass is 10.3. The molecule has 0 fully saturated rings.